The largest absolute Gasteiger partial charge is 0.360 e. The van der Waals surface area contributed by atoms with Gasteiger partial charge in [-0.2, -0.15) is 0 Å². The molecule has 0 amide bonds. The first kappa shape index (κ1) is 26.8. The molecule has 152 valence electrons. The van der Waals surface area contributed by atoms with Crippen LogP contribution < -0.4 is 0 Å². The molecule has 2 atom stereocenters. The van der Waals surface area contributed by atoms with E-state index in [2.05, 4.69) is 0 Å². The van der Waals surface area contributed by atoms with Gasteiger partial charge in [0, 0.05) is 11.8 Å². The molecule has 6 nitrogen and oxygen atoms in total. The van der Waals surface area contributed by atoms with E-state index in [1.165, 1.54) is 13.8 Å². The number of rotatable bonds is 10. The van der Waals surface area contributed by atoms with Crippen molar-refractivity contribution < 1.29 is 28.7 Å². The molecular formula is C20H36O6. The van der Waals surface area contributed by atoms with E-state index in [0.29, 0.717) is 0 Å². The van der Waals surface area contributed by atoms with Gasteiger partial charge in [0.25, 0.3) is 0 Å². The van der Waals surface area contributed by atoms with Crippen LogP contribution in [0.2, 0.25) is 0 Å². The van der Waals surface area contributed by atoms with E-state index in [1.807, 2.05) is 27.7 Å². The van der Waals surface area contributed by atoms with Crippen molar-refractivity contribution in [1.82, 2.24) is 0 Å². The molecule has 0 aliphatic carbocycles. The van der Waals surface area contributed by atoms with Crippen LogP contribution in [0, 0.1) is 11.8 Å². The summed E-state index contributed by atoms with van der Waals surface area (Å²) in [5, 5.41) is 0. The van der Waals surface area contributed by atoms with Crippen molar-refractivity contribution >= 4 is 23.1 Å². The van der Waals surface area contributed by atoms with Gasteiger partial charge in [0.05, 0.1) is 12.2 Å². The minimum atomic E-state index is -0.875. The monoisotopic (exact) mass is 372 g/mol. The molecule has 26 heavy (non-hydrogen) atoms. The summed E-state index contributed by atoms with van der Waals surface area (Å²) in [7, 11) is 0. The first-order valence-corrected chi connectivity index (χ1v) is 9.11. The van der Waals surface area contributed by atoms with Gasteiger partial charge in [0.1, 0.15) is 0 Å². The molecule has 0 bridgehead atoms. The summed E-state index contributed by atoms with van der Waals surface area (Å²) in [5.41, 5.74) is 0. The molecule has 0 aliphatic rings. The third-order valence-electron chi connectivity index (χ3n) is 3.21. The van der Waals surface area contributed by atoms with Crippen LogP contribution in [0.3, 0.4) is 0 Å². The van der Waals surface area contributed by atoms with Crippen LogP contribution in [-0.2, 0) is 28.7 Å². The zero-order chi connectivity index (χ0) is 21.2. The fraction of sp³-hybridized carbons (Fsp3) is 0.800. The van der Waals surface area contributed by atoms with Crippen LogP contribution in [0.1, 0.15) is 69.2 Å². The van der Waals surface area contributed by atoms with Crippen LogP contribution >= 0.6 is 0 Å². The Labute approximate surface area is 158 Å². The number of hydrogen-bond acceptors (Lipinski definition) is 6. The SMILES string of the molecule is CC(=O)C(OC(C)C)C(=O)C(C)C.CC(=O)C(OC(C)C)C(=O)C(C)C. The lowest BCUT2D eigenvalue weighted by atomic mass is 10.0. The van der Waals surface area contributed by atoms with E-state index < -0.39 is 12.2 Å². The Morgan fingerprint density at radius 1 is 0.538 bits per heavy atom. The average molecular weight is 373 g/mol. The smallest absolute Gasteiger partial charge is 0.174 e. The van der Waals surface area contributed by atoms with Crippen molar-refractivity contribution in [3.05, 3.63) is 0 Å². The standard InChI is InChI=1S/2C10H18O3/c2*1-6(2)9(12)10(8(5)11)13-7(3)4/h2*6-7,10H,1-5H3. The molecule has 0 fully saturated rings. The Balaban J connectivity index is 0. The normalized spacial score (nSPS) is 13.5. The molecule has 0 rings (SSSR count). The lowest BCUT2D eigenvalue weighted by molar-refractivity contribution is -0.147. The van der Waals surface area contributed by atoms with Gasteiger partial charge in [-0.1, -0.05) is 27.7 Å². The zero-order valence-electron chi connectivity index (χ0n) is 17.9. The Kier molecular flexibility index (Phi) is 13.3. The number of Topliss-reactive ketones (excluding diaryl/α,β-unsaturated/α-hetero) is 4. The van der Waals surface area contributed by atoms with Gasteiger partial charge in [0.15, 0.2) is 35.3 Å². The van der Waals surface area contributed by atoms with Gasteiger partial charge in [-0.05, 0) is 41.5 Å². The topological polar surface area (TPSA) is 86.7 Å². The Morgan fingerprint density at radius 2 is 0.769 bits per heavy atom. The van der Waals surface area contributed by atoms with Crippen LogP contribution in [0.4, 0.5) is 0 Å². The average Bonchev–Trinajstić information content (AvgIpc) is 2.48. The molecular weight excluding hydrogens is 336 g/mol. The highest BCUT2D eigenvalue weighted by Crippen LogP contribution is 2.08. The minimum Gasteiger partial charge on any atom is -0.360 e. The number of carbonyl (C=O) groups is 4. The highest BCUT2D eigenvalue weighted by atomic mass is 16.5. The maximum Gasteiger partial charge on any atom is 0.174 e. The van der Waals surface area contributed by atoms with Crippen LogP contribution in [-0.4, -0.2) is 47.5 Å². The zero-order valence-corrected chi connectivity index (χ0v) is 17.9. The lowest BCUT2D eigenvalue weighted by Gasteiger charge is -2.18. The maximum atomic E-state index is 11.5. The summed E-state index contributed by atoms with van der Waals surface area (Å²) in [5.74, 6) is -1.03. The van der Waals surface area contributed by atoms with Gasteiger partial charge >= 0.3 is 0 Å². The van der Waals surface area contributed by atoms with E-state index in [0.717, 1.165) is 0 Å². The van der Waals surface area contributed by atoms with Gasteiger partial charge in [-0.25, -0.2) is 0 Å². The summed E-state index contributed by atoms with van der Waals surface area (Å²) in [4.78, 5) is 45.1. The van der Waals surface area contributed by atoms with E-state index in [-0.39, 0.29) is 47.2 Å². The van der Waals surface area contributed by atoms with Gasteiger partial charge < -0.3 is 9.47 Å². The Bertz CT molecular complexity index is 433. The van der Waals surface area contributed by atoms with E-state index in [9.17, 15) is 19.2 Å². The van der Waals surface area contributed by atoms with E-state index >= 15 is 0 Å². The molecule has 2 unspecified atom stereocenters. The summed E-state index contributed by atoms with van der Waals surface area (Å²) < 4.78 is 10.5. The second-order valence-electron chi connectivity index (χ2n) is 7.47. The number of carbonyl (C=O) groups excluding carboxylic acids is 4. The molecule has 0 saturated carbocycles. The van der Waals surface area contributed by atoms with Crippen molar-refractivity contribution in [3.8, 4) is 0 Å². The summed E-state index contributed by atoms with van der Waals surface area (Å²) in [6, 6.07) is 0. The molecule has 0 aliphatic heterocycles. The quantitative estimate of drug-likeness (QED) is 0.547. The summed E-state index contributed by atoms with van der Waals surface area (Å²) in [6.07, 6.45) is -1.95. The second-order valence-corrected chi connectivity index (χ2v) is 7.47. The molecule has 0 N–H and O–H groups in total. The third kappa shape index (κ3) is 11.3. The van der Waals surface area contributed by atoms with Crippen molar-refractivity contribution in [3.63, 3.8) is 0 Å². The number of hydrogen-bond donors (Lipinski definition) is 0. The lowest BCUT2D eigenvalue weighted by Crippen LogP contribution is -2.36. The molecule has 0 aromatic carbocycles. The predicted octanol–water partition coefficient (Wildman–Crippen LogP) is 3.19. The number of ether oxygens (including phenoxy) is 2. The predicted molar refractivity (Wildman–Crippen MR) is 101 cm³/mol. The van der Waals surface area contributed by atoms with Crippen molar-refractivity contribution in [2.45, 2.75) is 93.7 Å². The van der Waals surface area contributed by atoms with Crippen molar-refractivity contribution in [2.75, 3.05) is 0 Å². The maximum absolute atomic E-state index is 11.5. The van der Waals surface area contributed by atoms with Crippen LogP contribution in [0.5, 0.6) is 0 Å². The Morgan fingerprint density at radius 3 is 0.885 bits per heavy atom. The molecule has 0 radical (unpaired) electrons. The molecule has 6 heteroatoms. The highest BCUT2D eigenvalue weighted by Gasteiger charge is 2.27. The fourth-order valence-corrected chi connectivity index (χ4v) is 1.88. The third-order valence-corrected chi connectivity index (χ3v) is 3.21. The first-order chi connectivity index (χ1) is 11.7. The molecule has 0 heterocycles. The van der Waals surface area contributed by atoms with Crippen LogP contribution in [0.15, 0.2) is 0 Å². The summed E-state index contributed by atoms with van der Waals surface area (Å²) >= 11 is 0. The Hall–Kier alpha value is -1.40. The van der Waals surface area contributed by atoms with Crippen molar-refractivity contribution in [2.24, 2.45) is 11.8 Å². The van der Waals surface area contributed by atoms with E-state index in [4.69, 9.17) is 9.47 Å². The first-order valence-electron chi connectivity index (χ1n) is 9.11. The van der Waals surface area contributed by atoms with Gasteiger partial charge in [-0.15, -0.1) is 0 Å². The minimum absolute atomic E-state index is 0.100. The molecule has 0 spiro atoms. The van der Waals surface area contributed by atoms with E-state index in [1.54, 1.807) is 27.7 Å². The molecule has 0 aromatic rings. The highest BCUT2D eigenvalue weighted by molar-refractivity contribution is 6.05. The molecule has 0 aromatic heterocycles. The number of ketones is 4. The van der Waals surface area contributed by atoms with Crippen LogP contribution in [0.25, 0.3) is 0 Å². The summed E-state index contributed by atoms with van der Waals surface area (Å²) in [6.45, 7) is 17.1. The molecule has 0 saturated heterocycles. The fourth-order valence-electron chi connectivity index (χ4n) is 1.88. The second kappa shape index (κ2) is 12.9. The van der Waals surface area contributed by atoms with Crippen molar-refractivity contribution in [1.29, 1.82) is 0 Å². The van der Waals surface area contributed by atoms with Gasteiger partial charge in [-0.3, -0.25) is 19.2 Å². The van der Waals surface area contributed by atoms with Gasteiger partial charge in [0.2, 0.25) is 0 Å².